The van der Waals surface area contributed by atoms with E-state index in [1.807, 2.05) is 25.1 Å². The Labute approximate surface area is 194 Å². The third-order valence-electron chi connectivity index (χ3n) is 4.32. The molecule has 9 nitrogen and oxygen atoms in total. The Kier molecular flexibility index (Phi) is 7.72. The highest BCUT2D eigenvalue weighted by Gasteiger charge is 2.11. The van der Waals surface area contributed by atoms with Gasteiger partial charge in [-0.3, -0.25) is 19.7 Å². The lowest BCUT2D eigenvalue weighted by Crippen LogP contribution is -2.20. The zero-order valence-corrected chi connectivity index (χ0v) is 18.2. The maximum absolute atomic E-state index is 12.1. The Morgan fingerprint density at radius 1 is 1.12 bits per heavy atom. The van der Waals surface area contributed by atoms with Crippen molar-refractivity contribution in [1.82, 2.24) is 5.43 Å². The van der Waals surface area contributed by atoms with Crippen LogP contribution in [0.15, 0.2) is 71.8 Å². The zero-order valence-electron chi connectivity index (χ0n) is 17.4. The lowest BCUT2D eigenvalue weighted by Gasteiger charge is -2.09. The van der Waals surface area contributed by atoms with Crippen molar-refractivity contribution in [3.05, 3.63) is 98.6 Å². The Bertz CT molecular complexity index is 1230. The molecule has 10 heteroatoms. The van der Waals surface area contributed by atoms with Crippen LogP contribution in [0.5, 0.6) is 5.75 Å². The number of hydrogen-bond donors (Lipinski definition) is 2. The lowest BCUT2D eigenvalue weighted by molar-refractivity contribution is -0.384. The van der Waals surface area contributed by atoms with E-state index in [4.69, 9.17) is 16.3 Å². The summed E-state index contributed by atoms with van der Waals surface area (Å²) in [6.45, 7) is 1.70. The molecular formula is C23H19ClN4O5. The maximum Gasteiger partial charge on any atom is 0.271 e. The molecule has 0 atom stereocenters. The number of carbonyl (C=O) groups is 2. The van der Waals surface area contributed by atoms with Crippen LogP contribution < -0.4 is 15.5 Å². The summed E-state index contributed by atoms with van der Waals surface area (Å²) in [6, 6.07) is 17.5. The molecule has 0 aliphatic rings. The van der Waals surface area contributed by atoms with Crippen molar-refractivity contribution < 1.29 is 19.2 Å². The van der Waals surface area contributed by atoms with Gasteiger partial charge in [0.05, 0.1) is 16.2 Å². The molecule has 3 aromatic carbocycles. The number of nitro groups is 1. The van der Waals surface area contributed by atoms with Crippen LogP contribution in [0.2, 0.25) is 5.02 Å². The van der Waals surface area contributed by atoms with Gasteiger partial charge in [0.15, 0.2) is 6.61 Å². The van der Waals surface area contributed by atoms with E-state index in [1.165, 1.54) is 24.4 Å². The number of hydrogen-bond acceptors (Lipinski definition) is 6. The number of halogens is 1. The number of non-ortho nitro benzene ring substituents is 1. The van der Waals surface area contributed by atoms with E-state index in [2.05, 4.69) is 15.8 Å². The van der Waals surface area contributed by atoms with Gasteiger partial charge in [0.25, 0.3) is 17.5 Å². The van der Waals surface area contributed by atoms with Crippen LogP contribution in [0.25, 0.3) is 0 Å². The summed E-state index contributed by atoms with van der Waals surface area (Å²) in [7, 11) is 0. The molecule has 0 aromatic heterocycles. The summed E-state index contributed by atoms with van der Waals surface area (Å²) in [5.74, 6) is -0.611. The quantitative estimate of drug-likeness (QED) is 0.290. The predicted octanol–water partition coefficient (Wildman–Crippen LogP) is 4.34. The molecule has 33 heavy (non-hydrogen) atoms. The van der Waals surface area contributed by atoms with Crippen LogP contribution >= 0.6 is 11.6 Å². The smallest absolute Gasteiger partial charge is 0.271 e. The average molecular weight is 467 g/mol. The SMILES string of the molecule is Cc1cccc(NC(=O)COc2ccc(/C=N/NC(=O)c3cccc([N+](=O)[O-])c3)cc2Cl)c1. The summed E-state index contributed by atoms with van der Waals surface area (Å²) in [4.78, 5) is 34.4. The van der Waals surface area contributed by atoms with Crippen molar-refractivity contribution in [1.29, 1.82) is 0 Å². The molecule has 2 N–H and O–H groups in total. The molecule has 168 valence electrons. The highest BCUT2D eigenvalue weighted by Crippen LogP contribution is 2.25. The van der Waals surface area contributed by atoms with Gasteiger partial charge in [0, 0.05) is 23.4 Å². The Balaban J connectivity index is 1.54. The monoisotopic (exact) mass is 466 g/mol. The molecule has 2 amide bonds. The van der Waals surface area contributed by atoms with Gasteiger partial charge in [0.2, 0.25) is 0 Å². The van der Waals surface area contributed by atoms with Crippen LogP contribution in [0.1, 0.15) is 21.5 Å². The number of hydrazone groups is 1. The predicted molar refractivity (Wildman–Crippen MR) is 125 cm³/mol. The Morgan fingerprint density at radius 2 is 1.91 bits per heavy atom. The number of ether oxygens (including phenoxy) is 1. The number of amides is 2. The van der Waals surface area contributed by atoms with E-state index in [9.17, 15) is 19.7 Å². The van der Waals surface area contributed by atoms with Crippen molar-refractivity contribution in [2.45, 2.75) is 6.92 Å². The molecule has 0 spiro atoms. The molecule has 0 aliphatic carbocycles. The lowest BCUT2D eigenvalue weighted by atomic mass is 10.2. The van der Waals surface area contributed by atoms with Crippen molar-refractivity contribution in [3.63, 3.8) is 0 Å². The van der Waals surface area contributed by atoms with Crippen LogP contribution in [0, 0.1) is 17.0 Å². The topological polar surface area (TPSA) is 123 Å². The summed E-state index contributed by atoms with van der Waals surface area (Å²) in [5.41, 5.74) is 4.47. The third-order valence-corrected chi connectivity index (χ3v) is 4.61. The first-order valence-electron chi connectivity index (χ1n) is 9.68. The minimum absolute atomic E-state index is 0.104. The van der Waals surface area contributed by atoms with Gasteiger partial charge in [-0.05, 0) is 54.4 Å². The van der Waals surface area contributed by atoms with Gasteiger partial charge < -0.3 is 10.1 Å². The molecular weight excluding hydrogens is 448 g/mol. The van der Waals surface area contributed by atoms with Crippen LogP contribution in [-0.2, 0) is 4.79 Å². The van der Waals surface area contributed by atoms with E-state index < -0.39 is 10.8 Å². The van der Waals surface area contributed by atoms with Crippen LogP contribution in [0.3, 0.4) is 0 Å². The Morgan fingerprint density at radius 3 is 2.64 bits per heavy atom. The first kappa shape index (κ1) is 23.4. The summed E-state index contributed by atoms with van der Waals surface area (Å²) >= 11 is 6.21. The first-order chi connectivity index (χ1) is 15.8. The second-order valence-corrected chi connectivity index (χ2v) is 7.31. The average Bonchev–Trinajstić information content (AvgIpc) is 2.78. The largest absolute Gasteiger partial charge is 0.482 e. The number of benzene rings is 3. The molecule has 0 radical (unpaired) electrons. The van der Waals surface area contributed by atoms with Gasteiger partial charge in [-0.25, -0.2) is 5.43 Å². The molecule has 0 saturated heterocycles. The second-order valence-electron chi connectivity index (χ2n) is 6.90. The minimum atomic E-state index is -0.597. The van der Waals surface area contributed by atoms with Gasteiger partial charge in [-0.1, -0.05) is 29.8 Å². The molecule has 0 heterocycles. The number of carbonyl (C=O) groups excluding carboxylic acids is 2. The number of nitrogens with one attached hydrogen (secondary N) is 2. The van der Waals surface area contributed by atoms with Crippen molar-refractivity contribution in [3.8, 4) is 5.75 Å². The molecule has 0 fully saturated rings. The normalized spacial score (nSPS) is 10.6. The fourth-order valence-corrected chi connectivity index (χ4v) is 3.01. The summed E-state index contributed by atoms with van der Waals surface area (Å²) in [5, 5.41) is 17.6. The number of nitrogens with zero attached hydrogens (tertiary/aromatic N) is 2. The van der Waals surface area contributed by atoms with Crippen LogP contribution in [-0.4, -0.2) is 29.6 Å². The van der Waals surface area contributed by atoms with Gasteiger partial charge in [-0.2, -0.15) is 5.10 Å². The molecule has 0 bridgehead atoms. The van der Waals surface area contributed by atoms with Crippen molar-refractivity contribution in [2.75, 3.05) is 11.9 Å². The number of aryl methyl sites for hydroxylation is 1. The van der Waals surface area contributed by atoms with Crippen LogP contribution in [0.4, 0.5) is 11.4 Å². The minimum Gasteiger partial charge on any atom is -0.482 e. The second kappa shape index (κ2) is 10.9. The van der Waals surface area contributed by atoms with E-state index in [1.54, 1.807) is 24.3 Å². The van der Waals surface area contributed by atoms with E-state index in [0.29, 0.717) is 17.0 Å². The molecule has 0 aliphatic heterocycles. The third kappa shape index (κ3) is 6.88. The summed E-state index contributed by atoms with van der Waals surface area (Å²) in [6.07, 6.45) is 1.36. The van der Waals surface area contributed by atoms with E-state index >= 15 is 0 Å². The Hall–Kier alpha value is -4.24. The highest BCUT2D eigenvalue weighted by atomic mass is 35.5. The van der Waals surface area contributed by atoms with Gasteiger partial charge >= 0.3 is 0 Å². The fraction of sp³-hybridized carbons (Fsp3) is 0.0870. The maximum atomic E-state index is 12.1. The van der Waals surface area contributed by atoms with Crippen molar-refractivity contribution >= 4 is 41.0 Å². The number of anilines is 1. The standard InChI is InChI=1S/C23H19ClN4O5/c1-15-4-2-6-18(10-15)26-22(29)14-33-21-9-8-16(11-20(21)24)13-25-27-23(30)17-5-3-7-19(12-17)28(31)32/h2-13H,14H2,1H3,(H,26,29)(H,27,30)/b25-13+. The molecule has 0 unspecified atom stereocenters. The first-order valence-corrected chi connectivity index (χ1v) is 10.1. The zero-order chi connectivity index (χ0) is 23.8. The molecule has 0 saturated carbocycles. The van der Waals surface area contributed by atoms with E-state index in [-0.39, 0.29) is 28.8 Å². The number of nitro benzene ring substituents is 1. The summed E-state index contributed by atoms with van der Waals surface area (Å²) < 4.78 is 5.47. The molecule has 3 rings (SSSR count). The van der Waals surface area contributed by atoms with Gasteiger partial charge in [-0.15, -0.1) is 0 Å². The molecule has 3 aromatic rings. The van der Waals surface area contributed by atoms with E-state index in [0.717, 1.165) is 11.6 Å². The number of rotatable bonds is 8. The van der Waals surface area contributed by atoms with Crippen molar-refractivity contribution in [2.24, 2.45) is 5.10 Å². The fourth-order valence-electron chi connectivity index (χ4n) is 2.77. The highest BCUT2D eigenvalue weighted by molar-refractivity contribution is 6.32. The van der Waals surface area contributed by atoms with Gasteiger partial charge in [0.1, 0.15) is 5.75 Å².